The highest BCUT2D eigenvalue weighted by atomic mass is 35.5. The molecule has 10 nitrogen and oxygen atoms in total. The number of anilines is 1. The quantitative estimate of drug-likeness (QED) is 0.345. The van der Waals surface area contributed by atoms with E-state index < -0.39 is 23.0 Å². The summed E-state index contributed by atoms with van der Waals surface area (Å²) in [6.45, 7) is 15.1. The number of likely N-dealkylation sites (tertiary alicyclic amines) is 1. The zero-order chi connectivity index (χ0) is 32.8. The van der Waals surface area contributed by atoms with Crippen molar-refractivity contribution in [1.82, 2.24) is 10.2 Å². The number of hydrogen-bond acceptors (Lipinski definition) is 6. The highest BCUT2D eigenvalue weighted by Crippen LogP contribution is 2.95. The van der Waals surface area contributed by atoms with Crippen LogP contribution in [0.15, 0.2) is 29.6 Å². The average Bonchev–Trinajstić information content (AvgIpc) is 3.97. The maximum absolute atomic E-state index is 14.9. The fourth-order valence-corrected chi connectivity index (χ4v) is 10.9. The maximum atomic E-state index is 14.9. The molecule has 3 amide bonds. The molecule has 4 heterocycles. The van der Waals surface area contributed by atoms with E-state index in [0.29, 0.717) is 24.1 Å². The van der Waals surface area contributed by atoms with Gasteiger partial charge >= 0.3 is 6.09 Å². The van der Waals surface area contributed by atoms with Crippen LogP contribution in [-0.4, -0.2) is 82.6 Å². The third-order valence-corrected chi connectivity index (χ3v) is 14.0. The van der Waals surface area contributed by atoms with Gasteiger partial charge in [0.2, 0.25) is 11.5 Å². The number of ether oxygens (including phenoxy) is 3. The lowest BCUT2D eigenvalue weighted by Crippen LogP contribution is -2.75. The van der Waals surface area contributed by atoms with Crippen LogP contribution < -0.4 is 10.6 Å². The molecular weight excluding hydrogens is 608 g/mol. The number of fused-ring (bicyclic) bond motifs is 1. The van der Waals surface area contributed by atoms with E-state index in [1.807, 2.05) is 6.92 Å². The standard InChI is InChI=1S/C35H45ClN4O6/c1-8-19(2)16-46-34-18-33(34)32(15-22(32)17-45-33)40(34)20(3)27(40)26-10-9-13-39(26)29(42)35(21(4)31(35,5)6)38-28(41)24-12-11-23(14-25(24)36)37-30(43)44-7/h11-12,14,19,21-22,26H,8-10,13,15-18H2,1-7H3,(H-,37,38,41,43)/p+1/t19?,21?,22?,26-,32?,33+,34?,35?,40?/m0/s1. The molecule has 1 aromatic carbocycles. The summed E-state index contributed by atoms with van der Waals surface area (Å²) in [6.07, 6.45) is 4.38. The smallest absolute Gasteiger partial charge is 0.411 e. The number of allylic oxidation sites excluding steroid dienone is 1. The summed E-state index contributed by atoms with van der Waals surface area (Å²) < 4.78 is 18.9. The predicted molar refractivity (Wildman–Crippen MR) is 171 cm³/mol. The van der Waals surface area contributed by atoms with Crippen molar-refractivity contribution >= 4 is 35.2 Å². The third-order valence-electron chi connectivity index (χ3n) is 13.7. The lowest BCUT2D eigenvalue weighted by atomic mass is 9.89. The number of amides is 3. The van der Waals surface area contributed by atoms with Gasteiger partial charge in [-0.1, -0.05) is 52.6 Å². The van der Waals surface area contributed by atoms with Crippen LogP contribution in [0, 0.1) is 23.2 Å². The molecule has 3 aliphatic carbocycles. The van der Waals surface area contributed by atoms with Crippen LogP contribution in [0.1, 0.15) is 84.0 Å². The Hall–Kier alpha value is -2.66. The van der Waals surface area contributed by atoms with E-state index in [1.165, 1.54) is 31.0 Å². The number of rotatable bonds is 9. The van der Waals surface area contributed by atoms with Crippen molar-refractivity contribution < 1.29 is 33.1 Å². The van der Waals surface area contributed by atoms with E-state index in [9.17, 15) is 14.4 Å². The van der Waals surface area contributed by atoms with Crippen LogP contribution in [0.5, 0.6) is 0 Å². The van der Waals surface area contributed by atoms with Gasteiger partial charge in [0.15, 0.2) is 16.9 Å². The summed E-state index contributed by atoms with van der Waals surface area (Å²) in [7, 11) is 1.27. The summed E-state index contributed by atoms with van der Waals surface area (Å²) in [5.74, 6) is 0.529. The highest BCUT2D eigenvalue weighted by molar-refractivity contribution is 6.34. The van der Waals surface area contributed by atoms with Crippen LogP contribution in [-0.2, 0) is 19.0 Å². The molecule has 0 aromatic heterocycles. The molecule has 8 rings (SSSR count). The topological polar surface area (TPSA) is 106 Å². The van der Waals surface area contributed by atoms with Crippen molar-refractivity contribution in [3.8, 4) is 0 Å². The average molecular weight is 654 g/mol. The van der Waals surface area contributed by atoms with Gasteiger partial charge in [0.05, 0.1) is 37.3 Å². The Morgan fingerprint density at radius 3 is 2.63 bits per heavy atom. The molecule has 3 saturated carbocycles. The molecule has 11 heteroatoms. The van der Waals surface area contributed by atoms with Gasteiger partial charge < -0.3 is 24.4 Å². The third kappa shape index (κ3) is 3.18. The number of benzene rings is 1. The molecule has 0 bridgehead atoms. The minimum atomic E-state index is -1.06. The van der Waals surface area contributed by atoms with Crippen LogP contribution in [0.25, 0.3) is 0 Å². The number of carbonyl (C=O) groups is 3. The fraction of sp³-hybridized carbons (Fsp3) is 0.686. The first-order chi connectivity index (χ1) is 21.8. The molecule has 1 aromatic rings. The second kappa shape index (κ2) is 9.27. The van der Waals surface area contributed by atoms with E-state index in [-0.39, 0.29) is 45.3 Å². The van der Waals surface area contributed by atoms with Crippen LogP contribution in [0.4, 0.5) is 10.5 Å². The SMILES string of the molecule is CCC(C)COC12C[C@]13OCC1CC13[N+]21C(C)=C1[C@@H]1CCCN1C(=O)C1(NC(=O)c2ccc(NC(=O)OC)cc2Cl)C(C)C1(C)C. The molecule has 7 unspecified atom stereocenters. The Bertz CT molecular complexity index is 1630. The molecule has 248 valence electrons. The second-order valence-corrected chi connectivity index (χ2v) is 16.0. The minimum Gasteiger partial charge on any atom is -0.453 e. The molecule has 2 N–H and O–H groups in total. The number of methoxy groups -OCH3 is 1. The monoisotopic (exact) mass is 653 g/mol. The lowest BCUT2D eigenvalue weighted by Gasteiger charge is -2.52. The predicted octanol–water partition coefficient (Wildman–Crippen LogP) is 5.42. The van der Waals surface area contributed by atoms with Gasteiger partial charge in [-0.2, -0.15) is 0 Å². The minimum absolute atomic E-state index is 0.0176. The molecule has 9 atom stereocenters. The Balaban J connectivity index is 1.06. The van der Waals surface area contributed by atoms with Crippen LogP contribution in [0.2, 0.25) is 5.02 Å². The fourth-order valence-electron chi connectivity index (χ4n) is 10.7. The second-order valence-electron chi connectivity index (χ2n) is 15.6. The van der Waals surface area contributed by atoms with E-state index in [1.54, 1.807) is 12.1 Å². The Labute approximate surface area is 275 Å². The molecule has 0 radical (unpaired) electrons. The van der Waals surface area contributed by atoms with Crippen LogP contribution >= 0.6 is 11.6 Å². The largest absolute Gasteiger partial charge is 0.453 e. The van der Waals surface area contributed by atoms with E-state index in [2.05, 4.69) is 54.9 Å². The maximum Gasteiger partial charge on any atom is 0.411 e. The highest BCUT2D eigenvalue weighted by Gasteiger charge is 3.16. The van der Waals surface area contributed by atoms with Gasteiger partial charge in [-0.05, 0) is 42.9 Å². The summed E-state index contributed by atoms with van der Waals surface area (Å²) >= 11 is 6.52. The first kappa shape index (κ1) is 30.7. The molecular formula is C35H46ClN4O6+. The van der Waals surface area contributed by atoms with Crippen molar-refractivity contribution in [2.24, 2.45) is 23.2 Å². The molecule has 46 heavy (non-hydrogen) atoms. The summed E-state index contributed by atoms with van der Waals surface area (Å²) in [6, 6.07) is 4.64. The van der Waals surface area contributed by atoms with Crippen molar-refractivity contribution in [1.29, 1.82) is 0 Å². The number of nitrogens with zero attached hydrogens (tertiary/aromatic N) is 2. The molecule has 7 aliphatic rings. The Morgan fingerprint density at radius 2 is 2.00 bits per heavy atom. The van der Waals surface area contributed by atoms with Gasteiger partial charge in [-0.3, -0.25) is 14.9 Å². The first-order valence-corrected chi connectivity index (χ1v) is 17.3. The number of nitrogens with one attached hydrogen (secondary N) is 2. The number of halogens is 1. The zero-order valence-corrected chi connectivity index (χ0v) is 28.7. The van der Waals surface area contributed by atoms with Gasteiger partial charge in [-0.15, -0.1) is 0 Å². The van der Waals surface area contributed by atoms with E-state index >= 15 is 0 Å². The number of carbonyl (C=O) groups excluding carboxylic acids is 3. The molecule has 3 saturated heterocycles. The Kier molecular flexibility index (Phi) is 6.18. The van der Waals surface area contributed by atoms with Gasteiger partial charge in [-0.25, -0.2) is 9.28 Å². The van der Waals surface area contributed by atoms with Crippen molar-refractivity contribution in [2.45, 2.75) is 102 Å². The number of quaternary nitrogens is 1. The van der Waals surface area contributed by atoms with E-state index in [0.717, 1.165) is 43.4 Å². The normalized spacial score (nSPS) is 42.0. The summed E-state index contributed by atoms with van der Waals surface area (Å²) in [4.78, 5) is 42.4. The lowest BCUT2D eigenvalue weighted by molar-refractivity contribution is -0.947. The summed E-state index contributed by atoms with van der Waals surface area (Å²) in [5.41, 5.74) is 1.44. The summed E-state index contributed by atoms with van der Waals surface area (Å²) in [5, 5.41) is 5.91. The van der Waals surface area contributed by atoms with Gasteiger partial charge in [0, 0.05) is 36.9 Å². The van der Waals surface area contributed by atoms with Crippen molar-refractivity contribution in [3.05, 3.63) is 40.2 Å². The Morgan fingerprint density at radius 1 is 1.26 bits per heavy atom. The molecule has 3 spiro atoms. The molecule has 6 fully saturated rings. The number of hydrogen-bond donors (Lipinski definition) is 2. The van der Waals surface area contributed by atoms with Crippen molar-refractivity contribution in [3.63, 3.8) is 0 Å². The zero-order valence-electron chi connectivity index (χ0n) is 27.9. The van der Waals surface area contributed by atoms with E-state index in [4.69, 9.17) is 21.1 Å². The first-order valence-electron chi connectivity index (χ1n) is 16.9. The van der Waals surface area contributed by atoms with Gasteiger partial charge in [0.1, 0.15) is 11.6 Å². The van der Waals surface area contributed by atoms with Crippen molar-refractivity contribution in [2.75, 3.05) is 32.2 Å². The van der Waals surface area contributed by atoms with Crippen LogP contribution in [0.3, 0.4) is 0 Å². The molecule has 4 aliphatic heterocycles. The van der Waals surface area contributed by atoms with Gasteiger partial charge in [0.25, 0.3) is 11.6 Å².